The fourth-order valence-electron chi connectivity index (χ4n) is 1.11. The van der Waals surface area contributed by atoms with Crippen molar-refractivity contribution in [2.75, 3.05) is 13.2 Å². The molecule has 0 aliphatic carbocycles. The van der Waals surface area contributed by atoms with Crippen molar-refractivity contribution >= 4 is 28.1 Å². The van der Waals surface area contributed by atoms with E-state index >= 15 is 0 Å². The Morgan fingerprint density at radius 2 is 2.35 bits per heavy atom. The highest BCUT2D eigenvalue weighted by atomic mass is 79.9. The first kappa shape index (κ1) is 13.3. The summed E-state index contributed by atoms with van der Waals surface area (Å²) in [6.45, 7) is -0.0379. The van der Waals surface area contributed by atoms with Crippen molar-refractivity contribution in [1.29, 1.82) is 0 Å². The fraction of sp³-hybridized carbons (Fsp3) is 0.167. The Bertz CT molecular complexity index is 465. The number of rotatable bonds is 5. The quantitative estimate of drug-likeness (QED) is 0.660. The molecule has 88 valence electrons. The molecule has 0 saturated carbocycles. The highest BCUT2D eigenvalue weighted by Crippen LogP contribution is 2.27. The zero-order chi connectivity index (χ0) is 12.7. The SMILES string of the molecule is C#CCNC(=O)COc1c(Br)cccc1C=O. The third kappa shape index (κ3) is 3.93. The van der Waals surface area contributed by atoms with Crippen molar-refractivity contribution in [2.45, 2.75) is 0 Å². The predicted molar refractivity (Wildman–Crippen MR) is 66.9 cm³/mol. The Morgan fingerprint density at radius 1 is 1.59 bits per heavy atom. The third-order valence-corrected chi connectivity index (χ3v) is 2.48. The predicted octanol–water partition coefficient (Wildman–Crippen LogP) is 1.39. The van der Waals surface area contributed by atoms with Crippen LogP contribution >= 0.6 is 15.9 Å². The van der Waals surface area contributed by atoms with Crippen LogP contribution in [0.25, 0.3) is 0 Å². The molecule has 0 aliphatic rings. The minimum absolute atomic E-state index is 0.151. The van der Waals surface area contributed by atoms with Gasteiger partial charge in [-0.05, 0) is 28.1 Å². The van der Waals surface area contributed by atoms with Crippen LogP contribution in [0.3, 0.4) is 0 Å². The number of halogens is 1. The number of amides is 1. The van der Waals surface area contributed by atoms with Crippen molar-refractivity contribution in [3.8, 4) is 18.1 Å². The molecule has 0 aliphatic heterocycles. The summed E-state index contributed by atoms with van der Waals surface area (Å²) in [7, 11) is 0. The average molecular weight is 296 g/mol. The average Bonchev–Trinajstić information content (AvgIpc) is 2.34. The second kappa shape index (κ2) is 6.71. The molecule has 4 nitrogen and oxygen atoms in total. The van der Waals surface area contributed by atoms with Crippen LogP contribution in [0.1, 0.15) is 10.4 Å². The normalized spacial score (nSPS) is 9.18. The van der Waals surface area contributed by atoms with Gasteiger partial charge in [0.2, 0.25) is 0 Å². The van der Waals surface area contributed by atoms with E-state index in [4.69, 9.17) is 11.2 Å². The number of nitrogens with one attached hydrogen (secondary N) is 1. The molecular formula is C12H10BrNO3. The van der Waals surface area contributed by atoms with Gasteiger partial charge in [0.1, 0.15) is 5.75 Å². The Morgan fingerprint density at radius 3 is 3.00 bits per heavy atom. The smallest absolute Gasteiger partial charge is 0.258 e. The van der Waals surface area contributed by atoms with Crippen LogP contribution in [0.5, 0.6) is 5.75 Å². The lowest BCUT2D eigenvalue weighted by Crippen LogP contribution is -2.29. The summed E-state index contributed by atoms with van der Waals surface area (Å²) in [6, 6.07) is 5.03. The molecule has 0 saturated heterocycles. The topological polar surface area (TPSA) is 55.4 Å². The molecule has 0 bridgehead atoms. The minimum atomic E-state index is -0.337. The Balaban J connectivity index is 2.66. The van der Waals surface area contributed by atoms with Crippen LogP contribution in [0.4, 0.5) is 0 Å². The van der Waals surface area contributed by atoms with E-state index in [0.29, 0.717) is 22.1 Å². The van der Waals surface area contributed by atoms with Gasteiger partial charge in [0.25, 0.3) is 5.91 Å². The number of para-hydroxylation sites is 1. The molecular weight excluding hydrogens is 286 g/mol. The number of carbonyl (C=O) groups excluding carboxylic acids is 2. The van der Waals surface area contributed by atoms with Gasteiger partial charge >= 0.3 is 0 Å². The highest BCUT2D eigenvalue weighted by molar-refractivity contribution is 9.10. The molecule has 17 heavy (non-hydrogen) atoms. The standard InChI is InChI=1S/C12H10BrNO3/c1-2-6-14-11(16)8-17-12-9(7-15)4-3-5-10(12)13/h1,3-5,7H,6,8H2,(H,14,16). The highest BCUT2D eigenvalue weighted by Gasteiger charge is 2.09. The number of carbonyl (C=O) groups is 2. The number of hydrogen-bond acceptors (Lipinski definition) is 3. The number of hydrogen-bond donors (Lipinski definition) is 1. The molecule has 0 unspecified atom stereocenters. The van der Waals surface area contributed by atoms with Gasteiger partial charge in [0.05, 0.1) is 16.6 Å². The van der Waals surface area contributed by atoms with Crippen molar-refractivity contribution in [1.82, 2.24) is 5.32 Å². The minimum Gasteiger partial charge on any atom is -0.482 e. The molecule has 0 spiro atoms. The van der Waals surface area contributed by atoms with E-state index in [9.17, 15) is 9.59 Å². The van der Waals surface area contributed by atoms with Crippen molar-refractivity contribution in [2.24, 2.45) is 0 Å². The lowest BCUT2D eigenvalue weighted by Gasteiger charge is -2.09. The zero-order valence-electron chi connectivity index (χ0n) is 8.90. The summed E-state index contributed by atoms with van der Waals surface area (Å²) >= 11 is 3.24. The van der Waals surface area contributed by atoms with Crippen molar-refractivity contribution < 1.29 is 14.3 Å². The lowest BCUT2D eigenvalue weighted by molar-refractivity contribution is -0.122. The van der Waals surface area contributed by atoms with Gasteiger partial charge in [0.15, 0.2) is 12.9 Å². The molecule has 1 amide bonds. The lowest BCUT2D eigenvalue weighted by atomic mass is 10.2. The second-order valence-electron chi connectivity index (χ2n) is 3.05. The summed E-state index contributed by atoms with van der Waals surface area (Å²) in [5.74, 6) is 2.29. The Hall–Kier alpha value is -1.80. The van der Waals surface area contributed by atoms with Gasteiger partial charge in [0, 0.05) is 0 Å². The molecule has 1 N–H and O–H groups in total. The van der Waals surface area contributed by atoms with E-state index < -0.39 is 0 Å². The van der Waals surface area contributed by atoms with Gasteiger partial charge in [-0.3, -0.25) is 9.59 Å². The van der Waals surface area contributed by atoms with E-state index in [-0.39, 0.29) is 19.1 Å². The van der Waals surface area contributed by atoms with E-state index in [0.717, 1.165) is 0 Å². The molecule has 1 rings (SSSR count). The number of ether oxygens (including phenoxy) is 1. The van der Waals surface area contributed by atoms with Crippen LogP contribution in [-0.2, 0) is 4.79 Å². The fourth-order valence-corrected chi connectivity index (χ4v) is 1.60. The van der Waals surface area contributed by atoms with Crippen LogP contribution in [-0.4, -0.2) is 25.3 Å². The molecule has 5 heteroatoms. The molecule has 0 aromatic heterocycles. The summed E-state index contributed by atoms with van der Waals surface area (Å²) in [5, 5.41) is 2.46. The largest absolute Gasteiger partial charge is 0.482 e. The molecule has 0 heterocycles. The van der Waals surface area contributed by atoms with Gasteiger partial charge in [-0.15, -0.1) is 6.42 Å². The van der Waals surface area contributed by atoms with E-state index in [1.165, 1.54) is 0 Å². The summed E-state index contributed by atoms with van der Waals surface area (Å²) in [5.41, 5.74) is 0.379. The first-order valence-corrected chi connectivity index (χ1v) is 5.55. The van der Waals surface area contributed by atoms with Crippen molar-refractivity contribution in [3.63, 3.8) is 0 Å². The third-order valence-electron chi connectivity index (χ3n) is 1.86. The molecule has 0 fully saturated rings. The van der Waals surface area contributed by atoms with Crippen LogP contribution < -0.4 is 10.1 Å². The monoisotopic (exact) mass is 295 g/mol. The first-order chi connectivity index (χ1) is 8.19. The molecule has 0 atom stereocenters. The molecule has 1 aromatic carbocycles. The van der Waals surface area contributed by atoms with Gasteiger partial charge in [-0.25, -0.2) is 0 Å². The molecule has 1 aromatic rings. The van der Waals surface area contributed by atoms with E-state index in [2.05, 4.69) is 27.2 Å². The first-order valence-electron chi connectivity index (χ1n) is 4.75. The van der Waals surface area contributed by atoms with Gasteiger partial charge in [-0.1, -0.05) is 12.0 Å². The number of terminal acetylenes is 1. The van der Waals surface area contributed by atoms with Gasteiger partial charge < -0.3 is 10.1 Å². The summed E-state index contributed by atoms with van der Waals surface area (Å²) < 4.78 is 5.88. The van der Waals surface area contributed by atoms with E-state index in [1.807, 2.05) is 0 Å². The maximum Gasteiger partial charge on any atom is 0.258 e. The number of aldehydes is 1. The maximum atomic E-state index is 11.3. The Labute approximate surface area is 107 Å². The van der Waals surface area contributed by atoms with Crippen molar-refractivity contribution in [3.05, 3.63) is 28.2 Å². The summed E-state index contributed by atoms with van der Waals surface area (Å²) in [4.78, 5) is 22.0. The van der Waals surface area contributed by atoms with Crippen LogP contribution in [0, 0.1) is 12.3 Å². The molecule has 0 radical (unpaired) electrons. The van der Waals surface area contributed by atoms with Gasteiger partial charge in [-0.2, -0.15) is 0 Å². The second-order valence-corrected chi connectivity index (χ2v) is 3.90. The Kier molecular flexibility index (Phi) is 5.24. The maximum absolute atomic E-state index is 11.3. The van der Waals surface area contributed by atoms with Crippen LogP contribution in [0.15, 0.2) is 22.7 Å². The summed E-state index contributed by atoms with van der Waals surface area (Å²) in [6.07, 6.45) is 5.66. The van der Waals surface area contributed by atoms with Crippen LogP contribution in [0.2, 0.25) is 0 Å². The van der Waals surface area contributed by atoms with E-state index in [1.54, 1.807) is 18.2 Å². The number of benzene rings is 1. The zero-order valence-corrected chi connectivity index (χ0v) is 10.5.